The van der Waals surface area contributed by atoms with E-state index in [1.165, 1.54) is 5.00 Å². The van der Waals surface area contributed by atoms with Crippen LogP contribution in [0.2, 0.25) is 0 Å². The molecular formula is C16H20N4O2S. The molecule has 0 spiro atoms. The minimum atomic E-state index is -0.110. The summed E-state index contributed by atoms with van der Waals surface area (Å²) in [6, 6.07) is 5.92. The Bertz CT molecular complexity index is 667. The van der Waals surface area contributed by atoms with Crippen LogP contribution in [0.3, 0.4) is 0 Å². The number of amides is 2. The number of hydrogen-bond acceptors (Lipinski definition) is 5. The maximum Gasteiger partial charge on any atom is 0.322 e. The number of anilines is 2. The van der Waals surface area contributed by atoms with Crippen LogP contribution in [0, 0.1) is 6.92 Å². The summed E-state index contributed by atoms with van der Waals surface area (Å²) >= 11 is 1.73. The lowest BCUT2D eigenvalue weighted by molar-refractivity contribution is 0.208. The van der Waals surface area contributed by atoms with Crippen LogP contribution in [0.15, 0.2) is 29.8 Å². The summed E-state index contributed by atoms with van der Waals surface area (Å²) in [6.07, 6.45) is 1.72. The number of aromatic nitrogens is 1. The average molecular weight is 332 g/mol. The van der Waals surface area contributed by atoms with Crippen molar-refractivity contribution >= 4 is 28.1 Å². The second-order valence-electron chi connectivity index (χ2n) is 5.43. The Morgan fingerprint density at radius 1 is 1.35 bits per heavy atom. The van der Waals surface area contributed by atoms with Crippen molar-refractivity contribution in [1.29, 1.82) is 0 Å². The van der Waals surface area contributed by atoms with E-state index < -0.39 is 0 Å². The molecule has 0 unspecified atom stereocenters. The molecule has 0 atom stereocenters. The molecule has 6 nitrogen and oxygen atoms in total. The first-order valence-corrected chi connectivity index (χ1v) is 8.40. The molecule has 1 aliphatic rings. The van der Waals surface area contributed by atoms with Crippen molar-refractivity contribution in [1.82, 2.24) is 9.88 Å². The fourth-order valence-electron chi connectivity index (χ4n) is 2.58. The SMILES string of the molecule is COc1ncc(C)cc1NC(=O)N1CCN(c2cccs2)CC1. The van der Waals surface area contributed by atoms with Gasteiger partial charge in [0.15, 0.2) is 0 Å². The first-order valence-electron chi connectivity index (χ1n) is 7.52. The molecule has 7 heteroatoms. The lowest BCUT2D eigenvalue weighted by Crippen LogP contribution is -2.50. The van der Waals surface area contributed by atoms with Crippen molar-refractivity contribution in [3.05, 3.63) is 35.3 Å². The van der Waals surface area contributed by atoms with E-state index in [0.717, 1.165) is 18.7 Å². The highest BCUT2D eigenvalue weighted by Crippen LogP contribution is 2.24. The number of ether oxygens (including phenoxy) is 1. The van der Waals surface area contributed by atoms with Gasteiger partial charge in [-0.1, -0.05) is 0 Å². The Kier molecular flexibility index (Phi) is 4.66. The smallest absolute Gasteiger partial charge is 0.322 e. The molecule has 3 rings (SSSR count). The van der Waals surface area contributed by atoms with Gasteiger partial charge in [-0.25, -0.2) is 9.78 Å². The summed E-state index contributed by atoms with van der Waals surface area (Å²) in [5, 5.41) is 6.24. The Morgan fingerprint density at radius 3 is 2.78 bits per heavy atom. The normalized spacial score (nSPS) is 14.7. The molecule has 2 aromatic heterocycles. The molecule has 2 aromatic rings. The standard InChI is InChI=1S/C16H20N4O2S/c1-12-10-13(15(22-2)17-11-12)18-16(21)20-7-5-19(6-8-20)14-4-3-9-23-14/h3-4,9-11H,5-8H2,1-2H3,(H,18,21). The van der Waals surface area contributed by atoms with E-state index in [0.29, 0.717) is 24.7 Å². The van der Waals surface area contributed by atoms with E-state index in [2.05, 4.69) is 32.7 Å². The Balaban J connectivity index is 1.61. The Labute approximate surface area is 139 Å². The summed E-state index contributed by atoms with van der Waals surface area (Å²) in [5.74, 6) is 0.432. The molecule has 3 heterocycles. The maximum atomic E-state index is 12.5. The first kappa shape index (κ1) is 15.6. The average Bonchev–Trinajstić information content (AvgIpc) is 3.10. The van der Waals surface area contributed by atoms with Crippen LogP contribution in [-0.4, -0.2) is 49.2 Å². The number of nitrogens with one attached hydrogen (secondary N) is 1. The van der Waals surface area contributed by atoms with Crippen LogP contribution in [0.5, 0.6) is 5.88 Å². The van der Waals surface area contributed by atoms with Gasteiger partial charge in [-0.15, -0.1) is 11.3 Å². The van der Waals surface area contributed by atoms with Gasteiger partial charge in [0.05, 0.1) is 12.1 Å². The third-order valence-corrected chi connectivity index (χ3v) is 4.74. The molecule has 1 N–H and O–H groups in total. The van der Waals surface area contributed by atoms with Crippen LogP contribution in [0.1, 0.15) is 5.56 Å². The Morgan fingerprint density at radius 2 is 2.13 bits per heavy atom. The van der Waals surface area contributed by atoms with Crippen molar-refractivity contribution in [3.8, 4) is 5.88 Å². The van der Waals surface area contributed by atoms with E-state index >= 15 is 0 Å². The molecule has 0 bridgehead atoms. The highest BCUT2D eigenvalue weighted by atomic mass is 32.1. The lowest BCUT2D eigenvalue weighted by Gasteiger charge is -2.35. The molecule has 23 heavy (non-hydrogen) atoms. The summed E-state index contributed by atoms with van der Waals surface area (Å²) in [5.41, 5.74) is 1.59. The summed E-state index contributed by atoms with van der Waals surface area (Å²) in [6.45, 7) is 5.02. The molecule has 1 fully saturated rings. The van der Waals surface area contributed by atoms with Crippen LogP contribution in [0.4, 0.5) is 15.5 Å². The van der Waals surface area contributed by atoms with Crippen molar-refractivity contribution in [2.24, 2.45) is 0 Å². The van der Waals surface area contributed by atoms with Gasteiger partial charge in [0.2, 0.25) is 5.88 Å². The number of hydrogen-bond donors (Lipinski definition) is 1. The van der Waals surface area contributed by atoms with Gasteiger partial charge < -0.3 is 19.9 Å². The minimum Gasteiger partial charge on any atom is -0.480 e. The van der Waals surface area contributed by atoms with Crippen LogP contribution >= 0.6 is 11.3 Å². The van der Waals surface area contributed by atoms with Crippen LogP contribution in [-0.2, 0) is 0 Å². The zero-order chi connectivity index (χ0) is 16.2. The first-order chi connectivity index (χ1) is 11.2. The van der Waals surface area contributed by atoms with E-state index in [-0.39, 0.29) is 6.03 Å². The maximum absolute atomic E-state index is 12.5. The molecule has 0 saturated carbocycles. The number of methoxy groups -OCH3 is 1. The molecule has 0 aromatic carbocycles. The van der Waals surface area contributed by atoms with Gasteiger partial charge >= 0.3 is 6.03 Å². The summed E-state index contributed by atoms with van der Waals surface area (Å²) in [4.78, 5) is 20.8. The third kappa shape index (κ3) is 3.56. The fourth-order valence-corrected chi connectivity index (χ4v) is 3.37. The number of carbonyl (C=O) groups excluding carboxylic acids is 1. The predicted octanol–water partition coefficient (Wildman–Crippen LogP) is 2.81. The lowest BCUT2D eigenvalue weighted by atomic mass is 10.3. The molecule has 2 amide bonds. The van der Waals surface area contributed by atoms with Gasteiger partial charge in [0.1, 0.15) is 5.69 Å². The quantitative estimate of drug-likeness (QED) is 0.939. The van der Waals surface area contributed by atoms with Crippen molar-refractivity contribution in [2.45, 2.75) is 6.92 Å². The van der Waals surface area contributed by atoms with Crippen LogP contribution < -0.4 is 15.0 Å². The van der Waals surface area contributed by atoms with Gasteiger partial charge in [-0.05, 0) is 36.1 Å². The molecule has 0 radical (unpaired) electrons. The van der Waals surface area contributed by atoms with Gasteiger partial charge in [0.25, 0.3) is 0 Å². The molecule has 1 saturated heterocycles. The van der Waals surface area contributed by atoms with E-state index in [1.54, 1.807) is 24.6 Å². The number of thiophene rings is 1. The number of carbonyl (C=O) groups is 1. The van der Waals surface area contributed by atoms with E-state index in [9.17, 15) is 4.79 Å². The topological polar surface area (TPSA) is 57.7 Å². The van der Waals surface area contributed by atoms with E-state index in [4.69, 9.17) is 4.74 Å². The van der Waals surface area contributed by atoms with Crippen molar-refractivity contribution in [3.63, 3.8) is 0 Å². The van der Waals surface area contributed by atoms with Crippen molar-refractivity contribution in [2.75, 3.05) is 43.5 Å². The molecule has 122 valence electrons. The number of pyridine rings is 1. The number of nitrogens with zero attached hydrogens (tertiary/aromatic N) is 3. The fraction of sp³-hybridized carbons (Fsp3) is 0.375. The van der Waals surface area contributed by atoms with Gasteiger partial charge in [-0.2, -0.15) is 0 Å². The number of urea groups is 1. The molecular weight excluding hydrogens is 312 g/mol. The number of aryl methyl sites for hydroxylation is 1. The highest BCUT2D eigenvalue weighted by Gasteiger charge is 2.22. The highest BCUT2D eigenvalue weighted by molar-refractivity contribution is 7.14. The van der Waals surface area contributed by atoms with Crippen LogP contribution in [0.25, 0.3) is 0 Å². The number of rotatable bonds is 3. The zero-order valence-electron chi connectivity index (χ0n) is 13.3. The largest absolute Gasteiger partial charge is 0.480 e. The minimum absolute atomic E-state index is 0.110. The monoisotopic (exact) mass is 332 g/mol. The Hall–Kier alpha value is -2.28. The zero-order valence-corrected chi connectivity index (χ0v) is 14.1. The third-order valence-electron chi connectivity index (χ3n) is 3.81. The molecule has 0 aliphatic carbocycles. The second kappa shape index (κ2) is 6.87. The van der Waals surface area contributed by atoms with Gasteiger partial charge in [-0.3, -0.25) is 0 Å². The summed E-state index contributed by atoms with van der Waals surface area (Å²) in [7, 11) is 1.55. The second-order valence-corrected chi connectivity index (χ2v) is 6.35. The van der Waals surface area contributed by atoms with Crippen molar-refractivity contribution < 1.29 is 9.53 Å². The number of piperazine rings is 1. The van der Waals surface area contributed by atoms with E-state index in [1.807, 2.05) is 17.9 Å². The summed E-state index contributed by atoms with van der Waals surface area (Å²) < 4.78 is 5.20. The predicted molar refractivity (Wildman–Crippen MR) is 92.6 cm³/mol. The molecule has 1 aliphatic heterocycles. The van der Waals surface area contributed by atoms with Gasteiger partial charge in [0, 0.05) is 32.4 Å².